The predicted molar refractivity (Wildman–Crippen MR) is 118 cm³/mol. The molecular weight excluding hydrogens is 402 g/mol. The first-order valence-electron chi connectivity index (χ1n) is 9.88. The molecule has 1 aliphatic rings. The van der Waals surface area contributed by atoms with E-state index in [1.54, 1.807) is 15.9 Å². The molecule has 0 bridgehead atoms. The largest absolute Gasteiger partial charge is 0.353 e. The normalized spacial score (nSPS) is 15.5. The summed E-state index contributed by atoms with van der Waals surface area (Å²) in [6, 6.07) is 12.5. The van der Waals surface area contributed by atoms with E-state index in [2.05, 4.69) is 37.9 Å². The number of hydrogen-bond donors (Lipinski definition) is 2. The Morgan fingerprint density at radius 1 is 1.28 bits per heavy atom. The van der Waals surface area contributed by atoms with Crippen molar-refractivity contribution in [2.75, 3.05) is 19.6 Å². The predicted octanol–water partition coefficient (Wildman–Crippen LogP) is 3.93. The van der Waals surface area contributed by atoms with Crippen LogP contribution in [0, 0.1) is 11.7 Å². The second-order valence-corrected chi connectivity index (χ2v) is 8.75. The molecule has 1 saturated heterocycles. The fourth-order valence-corrected chi connectivity index (χ4v) is 4.80. The molecule has 1 fully saturated rings. The van der Waals surface area contributed by atoms with Gasteiger partial charge in [-0.25, -0.2) is 0 Å². The number of thiophene rings is 1. The number of H-pyrrole nitrogens is 1. The van der Waals surface area contributed by atoms with Gasteiger partial charge in [-0.05, 0) is 56.5 Å². The van der Waals surface area contributed by atoms with Crippen LogP contribution in [0.25, 0.3) is 11.4 Å². The lowest BCUT2D eigenvalue weighted by Crippen LogP contribution is -2.37. The second-order valence-electron chi connectivity index (χ2n) is 7.38. The molecule has 4 rings (SSSR count). The Hall–Kier alpha value is -2.29. The van der Waals surface area contributed by atoms with Crippen LogP contribution in [0.15, 0.2) is 41.8 Å². The topological polar surface area (TPSA) is 66.0 Å². The lowest BCUT2D eigenvalue weighted by Gasteiger charge is -2.27. The number of benzene rings is 1. The van der Waals surface area contributed by atoms with Crippen molar-refractivity contribution in [2.24, 2.45) is 0 Å². The lowest BCUT2D eigenvalue weighted by molar-refractivity contribution is -0.121. The third kappa shape index (κ3) is 4.66. The maximum atomic E-state index is 12.8. The summed E-state index contributed by atoms with van der Waals surface area (Å²) in [5.41, 5.74) is 2.11. The van der Waals surface area contributed by atoms with E-state index in [0.29, 0.717) is 17.1 Å². The molecule has 2 aromatic heterocycles. The van der Waals surface area contributed by atoms with Gasteiger partial charge in [0.25, 0.3) is 0 Å². The lowest BCUT2D eigenvalue weighted by atomic mass is 10.1. The quantitative estimate of drug-likeness (QED) is 0.561. The van der Waals surface area contributed by atoms with Gasteiger partial charge in [-0.3, -0.25) is 19.4 Å². The van der Waals surface area contributed by atoms with Crippen LogP contribution in [-0.2, 0) is 11.3 Å². The molecule has 0 spiro atoms. The van der Waals surface area contributed by atoms with Crippen LogP contribution in [0.1, 0.15) is 29.3 Å². The Kier molecular flexibility index (Phi) is 6.22. The molecule has 1 amide bonds. The summed E-state index contributed by atoms with van der Waals surface area (Å²) < 4.78 is 2.20. The minimum absolute atomic E-state index is 0.0587. The summed E-state index contributed by atoms with van der Waals surface area (Å²) in [6.45, 7) is 4.96. The number of nitrogens with zero attached hydrogens (tertiary/aromatic N) is 3. The summed E-state index contributed by atoms with van der Waals surface area (Å²) >= 11 is 7.11. The van der Waals surface area contributed by atoms with E-state index in [0.717, 1.165) is 18.7 Å². The number of hydrogen-bond acceptors (Lipinski definition) is 5. The molecule has 152 valence electrons. The number of aromatic amines is 1. The van der Waals surface area contributed by atoms with E-state index in [4.69, 9.17) is 12.2 Å². The molecule has 1 atom stereocenters. The van der Waals surface area contributed by atoms with E-state index < -0.39 is 0 Å². The molecule has 1 unspecified atom stereocenters. The molecule has 29 heavy (non-hydrogen) atoms. The van der Waals surface area contributed by atoms with Crippen LogP contribution in [-0.4, -0.2) is 45.2 Å². The minimum Gasteiger partial charge on any atom is -0.353 e. The zero-order chi connectivity index (χ0) is 20.2. The summed E-state index contributed by atoms with van der Waals surface area (Å²) in [6.07, 6.45) is 2.44. The molecule has 6 nitrogen and oxygen atoms in total. The molecule has 0 radical (unpaired) electrons. The molecule has 2 N–H and O–H groups in total. The highest BCUT2D eigenvalue weighted by Crippen LogP contribution is 2.27. The maximum Gasteiger partial charge on any atom is 0.240 e. The van der Waals surface area contributed by atoms with E-state index in [9.17, 15) is 4.79 Å². The average Bonchev–Trinajstić information content (AvgIpc) is 3.47. The molecule has 3 aromatic rings. The third-order valence-electron chi connectivity index (χ3n) is 5.32. The molecule has 1 aliphatic heterocycles. The van der Waals surface area contributed by atoms with E-state index >= 15 is 0 Å². The number of rotatable bonds is 7. The van der Waals surface area contributed by atoms with Crippen molar-refractivity contribution in [3.63, 3.8) is 0 Å². The van der Waals surface area contributed by atoms with Gasteiger partial charge in [0.05, 0.1) is 6.04 Å². The van der Waals surface area contributed by atoms with Gasteiger partial charge in [-0.15, -0.1) is 11.3 Å². The summed E-state index contributed by atoms with van der Waals surface area (Å²) in [5, 5.41) is 12.4. The summed E-state index contributed by atoms with van der Waals surface area (Å²) in [4.78, 5) is 16.5. The summed E-state index contributed by atoms with van der Waals surface area (Å²) in [7, 11) is 0. The van der Waals surface area contributed by atoms with Crippen molar-refractivity contribution in [3.05, 3.63) is 57.0 Å². The monoisotopic (exact) mass is 427 g/mol. The first-order chi connectivity index (χ1) is 14.1. The Morgan fingerprint density at radius 3 is 2.72 bits per heavy atom. The number of aryl methyl sites for hydroxylation is 1. The molecule has 1 aromatic carbocycles. The highest BCUT2D eigenvalue weighted by Gasteiger charge is 2.25. The number of aromatic nitrogens is 3. The van der Waals surface area contributed by atoms with Gasteiger partial charge >= 0.3 is 0 Å². The Morgan fingerprint density at radius 2 is 2.03 bits per heavy atom. The van der Waals surface area contributed by atoms with Crippen molar-refractivity contribution in [1.82, 2.24) is 25.0 Å². The fraction of sp³-hybridized carbons (Fsp3) is 0.381. The maximum absolute atomic E-state index is 12.8. The highest BCUT2D eigenvalue weighted by atomic mass is 32.1. The van der Waals surface area contributed by atoms with Crippen molar-refractivity contribution in [1.29, 1.82) is 0 Å². The van der Waals surface area contributed by atoms with E-state index in [1.165, 1.54) is 23.3 Å². The fourth-order valence-electron chi connectivity index (χ4n) is 3.74. The zero-order valence-electron chi connectivity index (χ0n) is 16.4. The first kappa shape index (κ1) is 20.0. The number of carbonyl (C=O) groups excluding carboxylic acids is 1. The molecule has 0 aliphatic carbocycles. The number of carbonyl (C=O) groups is 1. The van der Waals surface area contributed by atoms with Crippen LogP contribution in [0.5, 0.6) is 0 Å². The summed E-state index contributed by atoms with van der Waals surface area (Å²) in [5.74, 6) is 0.621. The number of amides is 1. The average molecular weight is 428 g/mol. The van der Waals surface area contributed by atoms with Crippen molar-refractivity contribution in [2.45, 2.75) is 32.4 Å². The van der Waals surface area contributed by atoms with Gasteiger partial charge in [0, 0.05) is 17.0 Å². The third-order valence-corrected chi connectivity index (χ3v) is 6.60. The van der Waals surface area contributed by atoms with Crippen molar-refractivity contribution >= 4 is 29.5 Å². The second kappa shape index (κ2) is 9.02. The highest BCUT2D eigenvalue weighted by molar-refractivity contribution is 7.71. The van der Waals surface area contributed by atoms with Crippen LogP contribution >= 0.6 is 23.6 Å². The number of likely N-dealkylation sites (tertiary alicyclic amines) is 1. The van der Waals surface area contributed by atoms with Crippen molar-refractivity contribution in [3.8, 4) is 11.4 Å². The minimum atomic E-state index is -0.0587. The van der Waals surface area contributed by atoms with Gasteiger partial charge in [-0.2, -0.15) is 5.10 Å². The van der Waals surface area contributed by atoms with Crippen LogP contribution < -0.4 is 5.32 Å². The Bertz CT molecular complexity index is 1000. The molecule has 3 heterocycles. The molecule has 8 heteroatoms. The van der Waals surface area contributed by atoms with Crippen LogP contribution in [0.4, 0.5) is 0 Å². The smallest absolute Gasteiger partial charge is 0.240 e. The Labute approximate surface area is 179 Å². The first-order valence-corrected chi connectivity index (χ1v) is 11.2. The van der Waals surface area contributed by atoms with Gasteiger partial charge in [0.15, 0.2) is 10.6 Å². The van der Waals surface area contributed by atoms with Gasteiger partial charge in [0.2, 0.25) is 5.91 Å². The van der Waals surface area contributed by atoms with Crippen LogP contribution in [0.3, 0.4) is 0 Å². The standard InChI is InChI=1S/C21H25N5OS2/c1-15-6-8-16(9-7-15)20-23-24-21(28)26(20)14-19(27)22-13-17(18-5-4-12-29-18)25-10-2-3-11-25/h4-9,12,17H,2-3,10-11,13-14H2,1H3,(H,22,27)(H,24,28). The zero-order valence-corrected chi connectivity index (χ0v) is 18.1. The molecule has 0 saturated carbocycles. The van der Waals surface area contributed by atoms with Crippen molar-refractivity contribution < 1.29 is 4.79 Å². The van der Waals surface area contributed by atoms with E-state index in [1.807, 2.05) is 31.2 Å². The van der Waals surface area contributed by atoms with Gasteiger partial charge in [0.1, 0.15) is 6.54 Å². The number of nitrogens with one attached hydrogen (secondary N) is 2. The molecular formula is C21H25N5OS2. The van der Waals surface area contributed by atoms with Crippen LogP contribution in [0.2, 0.25) is 0 Å². The SMILES string of the molecule is Cc1ccc(-c2n[nH]c(=S)n2CC(=O)NCC(c2cccs2)N2CCCC2)cc1. The Balaban J connectivity index is 1.45. The van der Waals surface area contributed by atoms with E-state index in [-0.39, 0.29) is 18.5 Å². The van der Waals surface area contributed by atoms with Gasteiger partial charge < -0.3 is 5.32 Å². The van der Waals surface area contributed by atoms with Gasteiger partial charge in [-0.1, -0.05) is 35.9 Å².